The number of para-hydroxylation sites is 1. The first-order valence-electron chi connectivity index (χ1n) is 7.57. The normalized spacial score (nSPS) is 11.7. The van der Waals surface area contributed by atoms with Crippen molar-refractivity contribution in [3.8, 4) is 17.2 Å². The van der Waals surface area contributed by atoms with E-state index in [1.165, 1.54) is 0 Å². The van der Waals surface area contributed by atoms with Gasteiger partial charge in [0.15, 0.2) is 11.9 Å². The lowest BCUT2D eigenvalue weighted by Crippen LogP contribution is -2.36. The van der Waals surface area contributed by atoms with E-state index in [1.54, 1.807) is 37.7 Å². The van der Waals surface area contributed by atoms with Crippen molar-refractivity contribution in [1.29, 1.82) is 0 Å². The van der Waals surface area contributed by atoms with Gasteiger partial charge in [-0.15, -0.1) is 0 Å². The van der Waals surface area contributed by atoms with Crippen LogP contribution in [0.15, 0.2) is 65.5 Å². The van der Waals surface area contributed by atoms with E-state index in [-0.39, 0.29) is 12.5 Å². The summed E-state index contributed by atoms with van der Waals surface area (Å²) >= 11 is 0. The number of nitrogens with one attached hydrogen (secondary N) is 1. The molecule has 0 fully saturated rings. The highest BCUT2D eigenvalue weighted by molar-refractivity contribution is 5.80. The summed E-state index contributed by atoms with van der Waals surface area (Å²) in [6, 6.07) is 12.8. The molecule has 0 saturated heterocycles. The van der Waals surface area contributed by atoms with Crippen LogP contribution in [0.3, 0.4) is 0 Å². The molecule has 1 N–H and O–H groups in total. The van der Waals surface area contributed by atoms with Gasteiger partial charge >= 0.3 is 0 Å². The van der Waals surface area contributed by atoms with E-state index < -0.39 is 6.10 Å². The Morgan fingerprint density at radius 2 is 1.96 bits per heavy atom. The highest BCUT2D eigenvalue weighted by atomic mass is 16.5. The van der Waals surface area contributed by atoms with Crippen molar-refractivity contribution in [2.45, 2.75) is 19.6 Å². The summed E-state index contributed by atoms with van der Waals surface area (Å²) in [7, 11) is 0. The predicted molar refractivity (Wildman–Crippen MR) is 88.1 cm³/mol. The summed E-state index contributed by atoms with van der Waals surface area (Å²) in [6.45, 7) is 1.94. The Labute approximate surface area is 139 Å². The minimum atomic E-state index is -0.615. The Bertz CT molecular complexity index is 788. The Kier molecular flexibility index (Phi) is 4.86. The minimum Gasteiger partial charge on any atom is -0.481 e. The molecule has 122 valence electrons. The summed E-state index contributed by atoms with van der Waals surface area (Å²) in [5.74, 6) is 1.03. The molecule has 0 saturated carbocycles. The molecule has 0 radical (unpaired) electrons. The number of rotatable bonds is 6. The Morgan fingerprint density at radius 3 is 2.71 bits per heavy atom. The Hall–Kier alpha value is -3.15. The van der Waals surface area contributed by atoms with Gasteiger partial charge in [0.2, 0.25) is 0 Å². The molecule has 2 heterocycles. The maximum absolute atomic E-state index is 12.2. The average Bonchev–Trinajstić information content (AvgIpc) is 3.15. The molecule has 3 rings (SSSR count). The molecule has 3 aromatic rings. The van der Waals surface area contributed by atoms with Crippen molar-refractivity contribution < 1.29 is 13.9 Å². The van der Waals surface area contributed by atoms with E-state index in [1.807, 2.05) is 30.3 Å². The number of carbonyl (C=O) groups is 1. The van der Waals surface area contributed by atoms with Gasteiger partial charge in [0.05, 0.1) is 18.5 Å². The van der Waals surface area contributed by atoms with Gasteiger partial charge < -0.3 is 14.5 Å². The molecule has 0 aliphatic carbocycles. The third-order valence-electron chi connectivity index (χ3n) is 3.38. The van der Waals surface area contributed by atoms with Crippen molar-refractivity contribution in [2.24, 2.45) is 0 Å². The molecule has 0 spiro atoms. The summed E-state index contributed by atoms with van der Waals surface area (Å²) < 4.78 is 11.0. The molecule has 1 unspecified atom stereocenters. The summed E-state index contributed by atoms with van der Waals surface area (Å²) in [4.78, 5) is 20.8. The molecule has 0 aliphatic heterocycles. The molecule has 24 heavy (non-hydrogen) atoms. The molecule has 1 aromatic carbocycles. The van der Waals surface area contributed by atoms with Crippen LogP contribution in [-0.2, 0) is 11.3 Å². The van der Waals surface area contributed by atoms with Crippen molar-refractivity contribution in [1.82, 2.24) is 15.3 Å². The van der Waals surface area contributed by atoms with Crippen LogP contribution in [-0.4, -0.2) is 22.0 Å². The standard InChI is InChI=1S/C18H17N3O3/c1-13(24-14-6-3-2-4-7-14)18(22)21-12-15-17(20-10-9-19-15)16-8-5-11-23-16/h2-11,13H,12H2,1H3,(H,21,22). The molecule has 1 atom stereocenters. The minimum absolute atomic E-state index is 0.227. The zero-order valence-corrected chi connectivity index (χ0v) is 13.2. The van der Waals surface area contributed by atoms with Gasteiger partial charge in [-0.05, 0) is 31.2 Å². The van der Waals surface area contributed by atoms with Gasteiger partial charge in [-0.2, -0.15) is 0 Å². The van der Waals surface area contributed by atoms with Crippen molar-refractivity contribution in [3.63, 3.8) is 0 Å². The van der Waals surface area contributed by atoms with Gasteiger partial charge in [-0.1, -0.05) is 18.2 Å². The molecule has 6 nitrogen and oxygen atoms in total. The molecular weight excluding hydrogens is 306 g/mol. The van der Waals surface area contributed by atoms with Crippen LogP contribution >= 0.6 is 0 Å². The van der Waals surface area contributed by atoms with Crippen LogP contribution in [0.25, 0.3) is 11.5 Å². The number of ether oxygens (including phenoxy) is 1. The number of furan rings is 1. The molecular formula is C18H17N3O3. The molecule has 1 amide bonds. The summed E-state index contributed by atoms with van der Waals surface area (Å²) in [5.41, 5.74) is 1.24. The number of hydrogen-bond acceptors (Lipinski definition) is 5. The molecule has 0 aliphatic rings. The fourth-order valence-corrected chi connectivity index (χ4v) is 2.19. The number of aromatic nitrogens is 2. The maximum atomic E-state index is 12.2. The van der Waals surface area contributed by atoms with Gasteiger partial charge in [-0.3, -0.25) is 9.78 Å². The lowest BCUT2D eigenvalue weighted by Gasteiger charge is -2.15. The lowest BCUT2D eigenvalue weighted by atomic mass is 10.2. The maximum Gasteiger partial charge on any atom is 0.261 e. The van der Waals surface area contributed by atoms with Crippen molar-refractivity contribution >= 4 is 5.91 Å². The second-order valence-electron chi connectivity index (χ2n) is 5.12. The van der Waals surface area contributed by atoms with Crippen LogP contribution < -0.4 is 10.1 Å². The highest BCUT2D eigenvalue weighted by Crippen LogP contribution is 2.19. The highest BCUT2D eigenvalue weighted by Gasteiger charge is 2.16. The zero-order chi connectivity index (χ0) is 16.8. The van der Waals surface area contributed by atoms with E-state index in [4.69, 9.17) is 9.15 Å². The summed E-state index contributed by atoms with van der Waals surface area (Å²) in [5, 5.41) is 2.81. The van der Waals surface area contributed by atoms with E-state index >= 15 is 0 Å². The lowest BCUT2D eigenvalue weighted by molar-refractivity contribution is -0.127. The first-order valence-corrected chi connectivity index (χ1v) is 7.57. The SMILES string of the molecule is CC(Oc1ccccc1)C(=O)NCc1nccnc1-c1ccco1. The zero-order valence-electron chi connectivity index (χ0n) is 13.2. The van der Waals surface area contributed by atoms with Gasteiger partial charge in [0.1, 0.15) is 11.4 Å². The molecule has 2 aromatic heterocycles. The van der Waals surface area contributed by atoms with E-state index in [9.17, 15) is 4.79 Å². The summed E-state index contributed by atoms with van der Waals surface area (Å²) in [6.07, 6.45) is 4.13. The first kappa shape index (κ1) is 15.7. The fourth-order valence-electron chi connectivity index (χ4n) is 2.19. The van der Waals surface area contributed by atoms with Gasteiger partial charge in [0, 0.05) is 12.4 Å². The number of benzene rings is 1. The van der Waals surface area contributed by atoms with Crippen LogP contribution in [0.4, 0.5) is 0 Å². The van der Waals surface area contributed by atoms with Crippen molar-refractivity contribution in [3.05, 3.63) is 66.8 Å². The van der Waals surface area contributed by atoms with E-state index in [2.05, 4.69) is 15.3 Å². The topological polar surface area (TPSA) is 77.2 Å². The third-order valence-corrected chi connectivity index (χ3v) is 3.38. The Morgan fingerprint density at radius 1 is 1.17 bits per heavy atom. The van der Waals surface area contributed by atoms with Crippen molar-refractivity contribution in [2.75, 3.05) is 0 Å². The second kappa shape index (κ2) is 7.41. The van der Waals surface area contributed by atoms with E-state index in [0.29, 0.717) is 22.9 Å². The van der Waals surface area contributed by atoms with Crippen LogP contribution in [0, 0.1) is 0 Å². The van der Waals surface area contributed by atoms with Crippen LogP contribution in [0.1, 0.15) is 12.6 Å². The number of hydrogen-bond donors (Lipinski definition) is 1. The average molecular weight is 323 g/mol. The monoisotopic (exact) mass is 323 g/mol. The van der Waals surface area contributed by atoms with E-state index in [0.717, 1.165) is 0 Å². The van der Waals surface area contributed by atoms with Crippen LogP contribution in [0.2, 0.25) is 0 Å². The third kappa shape index (κ3) is 3.78. The Balaban J connectivity index is 1.63. The fraction of sp³-hybridized carbons (Fsp3) is 0.167. The molecule has 0 bridgehead atoms. The second-order valence-corrected chi connectivity index (χ2v) is 5.12. The predicted octanol–water partition coefficient (Wildman–Crippen LogP) is 2.82. The quantitative estimate of drug-likeness (QED) is 0.755. The van der Waals surface area contributed by atoms with Gasteiger partial charge in [0.25, 0.3) is 5.91 Å². The molecule has 6 heteroatoms. The van der Waals surface area contributed by atoms with Crippen LogP contribution in [0.5, 0.6) is 5.75 Å². The number of amides is 1. The number of carbonyl (C=O) groups excluding carboxylic acids is 1. The number of nitrogens with zero attached hydrogens (tertiary/aromatic N) is 2. The van der Waals surface area contributed by atoms with Gasteiger partial charge in [-0.25, -0.2) is 4.98 Å². The first-order chi connectivity index (χ1) is 11.7. The largest absolute Gasteiger partial charge is 0.481 e. The smallest absolute Gasteiger partial charge is 0.261 e.